The summed E-state index contributed by atoms with van der Waals surface area (Å²) in [7, 11) is 3.87. The zero-order valence-corrected chi connectivity index (χ0v) is 18.5. The van der Waals surface area contributed by atoms with E-state index < -0.39 is 5.91 Å². The van der Waals surface area contributed by atoms with Crippen LogP contribution in [0.1, 0.15) is 10.5 Å². The number of benzene rings is 1. The third-order valence-corrected chi connectivity index (χ3v) is 5.31. The monoisotopic (exact) mass is 480 g/mol. The van der Waals surface area contributed by atoms with Crippen molar-refractivity contribution in [2.45, 2.75) is 0 Å². The van der Waals surface area contributed by atoms with Crippen molar-refractivity contribution < 1.29 is 18.7 Å². The van der Waals surface area contributed by atoms with Crippen LogP contribution in [0.25, 0.3) is 0 Å². The van der Waals surface area contributed by atoms with Gasteiger partial charge in [0.2, 0.25) is 0 Å². The summed E-state index contributed by atoms with van der Waals surface area (Å²) in [5.74, 6) is -0.418. The molecule has 1 fully saturated rings. The molecule has 11 heteroatoms. The Labute approximate surface area is 183 Å². The van der Waals surface area contributed by atoms with Crippen LogP contribution < -0.4 is 16.0 Å². The van der Waals surface area contributed by atoms with Crippen LogP contribution in [0.2, 0.25) is 0 Å². The maximum atomic E-state index is 12.3. The number of amides is 2. The van der Waals surface area contributed by atoms with Crippen molar-refractivity contribution >= 4 is 45.3 Å². The number of likely N-dealkylation sites (N-methyl/N-ethyl adjacent to an activating group) is 1. The number of piperazine rings is 1. The topological polar surface area (TPSA) is 117 Å². The number of nitrogens with two attached hydrogens (primary N) is 1. The largest absolute Gasteiger partial charge is 0.448 e. The molecular formula is C19H25BrN6O4. The Bertz CT molecular complexity index is 895. The SMILES string of the molecule is CN(C)CCOC(=O)N1CCN(c2ccc(Br)c(NC(=O)c3coc(N)n3)c2)CC1. The van der Waals surface area contributed by atoms with Gasteiger partial charge in [-0.15, -0.1) is 0 Å². The summed E-state index contributed by atoms with van der Waals surface area (Å²) in [6.45, 7) is 3.53. The van der Waals surface area contributed by atoms with Gasteiger partial charge in [0.05, 0.1) is 5.69 Å². The first-order valence-corrected chi connectivity index (χ1v) is 10.3. The van der Waals surface area contributed by atoms with Gasteiger partial charge in [0.15, 0.2) is 5.69 Å². The van der Waals surface area contributed by atoms with E-state index in [-0.39, 0.29) is 17.8 Å². The van der Waals surface area contributed by atoms with Crippen molar-refractivity contribution in [1.29, 1.82) is 0 Å². The minimum atomic E-state index is -0.418. The van der Waals surface area contributed by atoms with Crippen LogP contribution >= 0.6 is 15.9 Å². The zero-order chi connectivity index (χ0) is 21.7. The molecule has 30 heavy (non-hydrogen) atoms. The first-order chi connectivity index (χ1) is 14.3. The van der Waals surface area contributed by atoms with E-state index in [1.807, 2.05) is 37.2 Å². The number of aromatic nitrogens is 1. The molecule has 1 aliphatic heterocycles. The second-order valence-electron chi connectivity index (χ2n) is 7.08. The molecule has 0 radical (unpaired) electrons. The fourth-order valence-electron chi connectivity index (χ4n) is 2.94. The number of nitrogen functional groups attached to an aromatic ring is 1. The number of hydrogen-bond donors (Lipinski definition) is 2. The second kappa shape index (κ2) is 9.81. The van der Waals surface area contributed by atoms with E-state index in [0.717, 1.165) is 10.2 Å². The molecule has 0 unspecified atom stereocenters. The van der Waals surface area contributed by atoms with Crippen LogP contribution in [-0.4, -0.2) is 80.2 Å². The standard InChI is InChI=1S/C19H25BrN6O4/c1-24(2)9-10-29-19(28)26-7-5-25(6-8-26)13-3-4-14(20)15(11-13)22-17(27)16-12-30-18(21)23-16/h3-4,11-12H,5-10H2,1-2H3,(H2,21,23)(H,22,27). The Balaban J connectivity index is 1.57. The van der Waals surface area contributed by atoms with Gasteiger partial charge in [-0.05, 0) is 48.2 Å². The van der Waals surface area contributed by atoms with Gasteiger partial charge in [0.25, 0.3) is 11.9 Å². The number of oxazole rings is 1. The molecule has 1 aromatic carbocycles. The Morgan fingerprint density at radius 1 is 1.30 bits per heavy atom. The lowest BCUT2D eigenvalue weighted by atomic mass is 10.2. The molecule has 162 valence electrons. The number of nitrogens with one attached hydrogen (secondary N) is 1. The molecule has 0 aliphatic carbocycles. The molecule has 0 spiro atoms. The van der Waals surface area contributed by atoms with E-state index in [4.69, 9.17) is 14.9 Å². The van der Waals surface area contributed by atoms with E-state index in [9.17, 15) is 9.59 Å². The molecule has 3 N–H and O–H groups in total. The lowest BCUT2D eigenvalue weighted by Crippen LogP contribution is -2.49. The molecular weight excluding hydrogens is 456 g/mol. The van der Waals surface area contributed by atoms with E-state index >= 15 is 0 Å². The van der Waals surface area contributed by atoms with E-state index in [2.05, 4.69) is 31.1 Å². The molecule has 2 amide bonds. The number of ether oxygens (including phenoxy) is 1. The fraction of sp³-hybridized carbons (Fsp3) is 0.421. The Kier molecular flexibility index (Phi) is 7.16. The van der Waals surface area contributed by atoms with Crippen molar-refractivity contribution in [3.63, 3.8) is 0 Å². The Morgan fingerprint density at radius 2 is 2.03 bits per heavy atom. The predicted octanol–water partition coefficient (Wildman–Crippen LogP) is 2.09. The fourth-order valence-corrected chi connectivity index (χ4v) is 3.28. The van der Waals surface area contributed by atoms with Crippen LogP contribution in [0.15, 0.2) is 33.4 Å². The number of carbonyl (C=O) groups is 2. The highest BCUT2D eigenvalue weighted by Crippen LogP contribution is 2.29. The van der Waals surface area contributed by atoms with Crippen molar-refractivity contribution in [2.24, 2.45) is 0 Å². The molecule has 1 saturated heterocycles. The van der Waals surface area contributed by atoms with Crippen molar-refractivity contribution in [3.05, 3.63) is 34.6 Å². The van der Waals surface area contributed by atoms with Crippen molar-refractivity contribution in [3.8, 4) is 0 Å². The zero-order valence-electron chi connectivity index (χ0n) is 16.9. The number of nitrogens with zero attached hydrogens (tertiary/aromatic N) is 4. The van der Waals surface area contributed by atoms with E-state index in [1.54, 1.807) is 4.90 Å². The molecule has 2 heterocycles. The highest BCUT2D eigenvalue weighted by Gasteiger charge is 2.23. The first-order valence-electron chi connectivity index (χ1n) is 9.47. The van der Waals surface area contributed by atoms with Gasteiger partial charge >= 0.3 is 6.09 Å². The highest BCUT2D eigenvalue weighted by molar-refractivity contribution is 9.10. The minimum absolute atomic E-state index is 0.0638. The van der Waals surface area contributed by atoms with Gasteiger partial charge in [-0.1, -0.05) is 0 Å². The third-order valence-electron chi connectivity index (χ3n) is 4.62. The van der Waals surface area contributed by atoms with Gasteiger partial charge in [0, 0.05) is 42.9 Å². The summed E-state index contributed by atoms with van der Waals surface area (Å²) < 4.78 is 10.9. The minimum Gasteiger partial charge on any atom is -0.448 e. The van der Waals surface area contributed by atoms with Crippen LogP contribution in [0.3, 0.4) is 0 Å². The number of rotatable bonds is 6. The molecule has 2 aromatic rings. The number of hydrogen-bond acceptors (Lipinski definition) is 8. The summed E-state index contributed by atoms with van der Waals surface area (Å²) in [6, 6.07) is 5.63. The molecule has 3 rings (SSSR count). The normalized spacial score (nSPS) is 14.1. The second-order valence-corrected chi connectivity index (χ2v) is 7.94. The molecule has 10 nitrogen and oxygen atoms in total. The predicted molar refractivity (Wildman–Crippen MR) is 117 cm³/mol. The van der Waals surface area contributed by atoms with Crippen LogP contribution in [0.4, 0.5) is 22.2 Å². The van der Waals surface area contributed by atoms with Crippen molar-refractivity contribution in [2.75, 3.05) is 69.4 Å². The smallest absolute Gasteiger partial charge is 0.409 e. The van der Waals surface area contributed by atoms with Crippen molar-refractivity contribution in [1.82, 2.24) is 14.8 Å². The maximum Gasteiger partial charge on any atom is 0.409 e. The number of halogens is 1. The number of carbonyl (C=O) groups excluding carboxylic acids is 2. The molecule has 1 aliphatic rings. The lowest BCUT2D eigenvalue weighted by Gasteiger charge is -2.35. The quantitative estimate of drug-likeness (QED) is 0.645. The maximum absolute atomic E-state index is 12.3. The van der Waals surface area contributed by atoms with E-state index in [1.165, 1.54) is 6.26 Å². The summed E-state index contributed by atoms with van der Waals surface area (Å²) in [5.41, 5.74) is 7.06. The Morgan fingerprint density at radius 3 is 2.67 bits per heavy atom. The lowest BCUT2D eigenvalue weighted by molar-refractivity contribution is 0.0940. The summed E-state index contributed by atoms with van der Waals surface area (Å²) in [4.78, 5) is 34.2. The van der Waals surface area contributed by atoms with Crippen LogP contribution in [-0.2, 0) is 4.74 Å². The summed E-state index contributed by atoms with van der Waals surface area (Å²) in [6.07, 6.45) is 0.923. The third kappa shape index (κ3) is 5.63. The van der Waals surface area contributed by atoms with Crippen LogP contribution in [0, 0.1) is 0 Å². The van der Waals surface area contributed by atoms with Crippen LogP contribution in [0.5, 0.6) is 0 Å². The molecule has 0 saturated carbocycles. The highest BCUT2D eigenvalue weighted by atomic mass is 79.9. The Hall–Kier alpha value is -2.79. The summed E-state index contributed by atoms with van der Waals surface area (Å²) >= 11 is 3.45. The molecule has 0 atom stereocenters. The van der Waals surface area contributed by atoms with Gasteiger partial charge in [-0.3, -0.25) is 4.79 Å². The van der Waals surface area contributed by atoms with Gasteiger partial charge in [-0.2, -0.15) is 4.98 Å². The summed E-state index contributed by atoms with van der Waals surface area (Å²) in [5, 5.41) is 2.80. The molecule has 1 aromatic heterocycles. The average molecular weight is 481 g/mol. The average Bonchev–Trinajstić information content (AvgIpc) is 3.16. The molecule has 0 bridgehead atoms. The van der Waals surface area contributed by atoms with Gasteiger partial charge in [0.1, 0.15) is 12.9 Å². The first kappa shape index (κ1) is 21.9. The van der Waals surface area contributed by atoms with Gasteiger partial charge < -0.3 is 34.9 Å². The van der Waals surface area contributed by atoms with Gasteiger partial charge in [-0.25, -0.2) is 4.79 Å². The van der Waals surface area contributed by atoms with E-state index in [0.29, 0.717) is 45.0 Å². The number of anilines is 3.